The Labute approximate surface area is 98.5 Å². The maximum Gasteiger partial charge on any atom is 0.309 e. The van der Waals surface area contributed by atoms with Crippen molar-refractivity contribution in [3.63, 3.8) is 0 Å². The Balaban J connectivity index is 2.09. The average Bonchev–Trinajstić information content (AvgIpc) is 2.84. The number of aryl methyl sites for hydroxylation is 1. The van der Waals surface area contributed by atoms with E-state index in [2.05, 4.69) is 20.9 Å². The quantitative estimate of drug-likeness (QED) is 0.388. The number of nitrogens with two attached hydrogens (primary N) is 1. The summed E-state index contributed by atoms with van der Waals surface area (Å²) in [6.45, 7) is 1.66. The molecular formula is C9H16N6O2. The number of amides is 2. The van der Waals surface area contributed by atoms with Gasteiger partial charge in [0, 0.05) is 32.4 Å². The van der Waals surface area contributed by atoms with E-state index >= 15 is 0 Å². The number of nitrogens with zero attached hydrogens (tertiary/aromatic N) is 3. The summed E-state index contributed by atoms with van der Waals surface area (Å²) in [5, 5.41) is 12.3. The van der Waals surface area contributed by atoms with Crippen LogP contribution in [-0.4, -0.2) is 46.4 Å². The molecule has 1 aromatic rings. The van der Waals surface area contributed by atoms with Crippen molar-refractivity contribution >= 4 is 11.8 Å². The molecule has 1 heterocycles. The lowest BCUT2D eigenvalue weighted by Crippen LogP contribution is -2.42. The van der Waals surface area contributed by atoms with Crippen molar-refractivity contribution < 1.29 is 9.59 Å². The molecule has 0 bridgehead atoms. The topological polar surface area (TPSA) is 115 Å². The minimum atomic E-state index is -0.656. The second kappa shape index (κ2) is 7.34. The maximum atomic E-state index is 11.2. The molecule has 0 aliphatic heterocycles. The molecule has 0 saturated heterocycles. The number of hydrogen-bond acceptors (Lipinski definition) is 5. The van der Waals surface area contributed by atoms with Gasteiger partial charge in [0.25, 0.3) is 0 Å². The Bertz CT molecular complexity index is 350. The van der Waals surface area contributed by atoms with Crippen LogP contribution >= 0.6 is 0 Å². The average molecular weight is 240 g/mol. The fraction of sp³-hybridized carbons (Fsp3) is 0.556. The Kier molecular flexibility index (Phi) is 5.66. The molecule has 94 valence electrons. The molecule has 0 unspecified atom stereocenters. The smallest absolute Gasteiger partial charge is 0.309 e. The fourth-order valence-corrected chi connectivity index (χ4v) is 1.14. The molecule has 17 heavy (non-hydrogen) atoms. The van der Waals surface area contributed by atoms with E-state index in [0.717, 1.165) is 0 Å². The summed E-state index contributed by atoms with van der Waals surface area (Å²) >= 11 is 0. The third kappa shape index (κ3) is 5.07. The number of rotatable bonds is 6. The van der Waals surface area contributed by atoms with Crippen LogP contribution in [0.15, 0.2) is 12.4 Å². The first-order valence-electron chi connectivity index (χ1n) is 5.34. The molecule has 8 nitrogen and oxygen atoms in total. The predicted octanol–water partition coefficient (Wildman–Crippen LogP) is -2.14. The Morgan fingerprint density at radius 3 is 2.53 bits per heavy atom. The van der Waals surface area contributed by atoms with Crippen molar-refractivity contribution in [2.24, 2.45) is 5.73 Å². The van der Waals surface area contributed by atoms with Gasteiger partial charge in [-0.2, -0.15) is 0 Å². The van der Waals surface area contributed by atoms with Gasteiger partial charge in [0.2, 0.25) is 0 Å². The number of hydrogen-bond donors (Lipinski definition) is 3. The highest BCUT2D eigenvalue weighted by Crippen LogP contribution is 1.85. The lowest BCUT2D eigenvalue weighted by Gasteiger charge is -2.05. The van der Waals surface area contributed by atoms with Crippen LogP contribution in [0.5, 0.6) is 0 Å². The van der Waals surface area contributed by atoms with Gasteiger partial charge < -0.3 is 16.4 Å². The first kappa shape index (κ1) is 13.1. The summed E-state index contributed by atoms with van der Waals surface area (Å²) in [5.41, 5.74) is 5.19. The standard InChI is InChI=1S/C9H16N6O2/c10-2-4-12-9(17)8(16)11-3-1-6-15-7-5-13-14-15/h5,7H,1-4,6,10H2,(H,11,16)(H,12,17). The van der Waals surface area contributed by atoms with Crippen LogP contribution in [-0.2, 0) is 16.1 Å². The second-order valence-corrected chi connectivity index (χ2v) is 3.32. The van der Waals surface area contributed by atoms with Crippen molar-refractivity contribution in [1.82, 2.24) is 25.6 Å². The summed E-state index contributed by atoms with van der Waals surface area (Å²) in [7, 11) is 0. The monoisotopic (exact) mass is 240 g/mol. The molecule has 0 saturated carbocycles. The maximum absolute atomic E-state index is 11.2. The van der Waals surface area contributed by atoms with Crippen molar-refractivity contribution in [2.45, 2.75) is 13.0 Å². The highest BCUT2D eigenvalue weighted by atomic mass is 16.2. The van der Waals surface area contributed by atoms with E-state index in [-0.39, 0.29) is 0 Å². The molecule has 8 heteroatoms. The molecule has 0 spiro atoms. The van der Waals surface area contributed by atoms with E-state index in [9.17, 15) is 9.59 Å². The fourth-order valence-electron chi connectivity index (χ4n) is 1.14. The molecule has 1 rings (SSSR count). The minimum absolute atomic E-state index is 0.297. The van der Waals surface area contributed by atoms with Gasteiger partial charge in [-0.05, 0) is 6.42 Å². The number of carbonyl (C=O) groups excluding carboxylic acids is 2. The third-order valence-corrected chi connectivity index (χ3v) is 1.96. The molecule has 1 aromatic heterocycles. The Morgan fingerprint density at radius 1 is 1.24 bits per heavy atom. The molecule has 2 amide bonds. The molecule has 0 atom stereocenters. The van der Waals surface area contributed by atoms with Gasteiger partial charge in [-0.25, -0.2) is 0 Å². The van der Waals surface area contributed by atoms with E-state index in [1.54, 1.807) is 17.1 Å². The summed E-state index contributed by atoms with van der Waals surface area (Å²) < 4.78 is 1.65. The minimum Gasteiger partial charge on any atom is -0.348 e. The van der Waals surface area contributed by atoms with Gasteiger partial charge in [0.15, 0.2) is 0 Å². The van der Waals surface area contributed by atoms with Crippen molar-refractivity contribution in [1.29, 1.82) is 0 Å². The van der Waals surface area contributed by atoms with Crippen molar-refractivity contribution in [2.75, 3.05) is 19.6 Å². The SMILES string of the molecule is NCCNC(=O)C(=O)NCCCn1ccnn1. The van der Waals surface area contributed by atoms with Crippen LogP contribution in [0.2, 0.25) is 0 Å². The second-order valence-electron chi connectivity index (χ2n) is 3.32. The summed E-state index contributed by atoms with van der Waals surface area (Å²) in [6.07, 6.45) is 3.99. The summed E-state index contributed by atoms with van der Waals surface area (Å²) in [4.78, 5) is 22.3. The van der Waals surface area contributed by atoms with Gasteiger partial charge in [0.05, 0.1) is 6.20 Å². The lowest BCUT2D eigenvalue weighted by atomic mass is 10.4. The van der Waals surface area contributed by atoms with E-state index in [1.165, 1.54) is 0 Å². The summed E-state index contributed by atoms with van der Waals surface area (Å²) in [6, 6.07) is 0. The van der Waals surface area contributed by atoms with E-state index in [0.29, 0.717) is 32.6 Å². The van der Waals surface area contributed by atoms with Crippen molar-refractivity contribution in [3.05, 3.63) is 12.4 Å². The van der Waals surface area contributed by atoms with Gasteiger partial charge in [-0.3, -0.25) is 14.3 Å². The first-order valence-corrected chi connectivity index (χ1v) is 5.34. The third-order valence-electron chi connectivity index (χ3n) is 1.96. The predicted molar refractivity (Wildman–Crippen MR) is 59.7 cm³/mol. The lowest BCUT2D eigenvalue weighted by molar-refractivity contribution is -0.139. The van der Waals surface area contributed by atoms with Gasteiger partial charge in [-0.1, -0.05) is 5.21 Å². The van der Waals surface area contributed by atoms with Gasteiger partial charge >= 0.3 is 11.8 Å². The van der Waals surface area contributed by atoms with Crippen LogP contribution < -0.4 is 16.4 Å². The van der Waals surface area contributed by atoms with Crippen LogP contribution in [0, 0.1) is 0 Å². The molecule has 0 aromatic carbocycles. The number of aromatic nitrogens is 3. The first-order chi connectivity index (χ1) is 8.24. The summed E-state index contributed by atoms with van der Waals surface area (Å²) in [5.74, 6) is -1.30. The zero-order chi connectivity index (χ0) is 12.5. The highest BCUT2D eigenvalue weighted by Gasteiger charge is 2.10. The molecular weight excluding hydrogens is 224 g/mol. The van der Waals surface area contributed by atoms with Gasteiger partial charge in [-0.15, -0.1) is 5.10 Å². The van der Waals surface area contributed by atoms with Crippen LogP contribution in [0.1, 0.15) is 6.42 Å². The number of carbonyl (C=O) groups is 2. The van der Waals surface area contributed by atoms with E-state index in [4.69, 9.17) is 5.73 Å². The van der Waals surface area contributed by atoms with Gasteiger partial charge in [0.1, 0.15) is 0 Å². The molecule has 4 N–H and O–H groups in total. The number of nitrogens with one attached hydrogen (secondary N) is 2. The van der Waals surface area contributed by atoms with E-state index < -0.39 is 11.8 Å². The Morgan fingerprint density at radius 2 is 1.94 bits per heavy atom. The van der Waals surface area contributed by atoms with Crippen LogP contribution in [0.4, 0.5) is 0 Å². The van der Waals surface area contributed by atoms with Crippen molar-refractivity contribution in [3.8, 4) is 0 Å². The van der Waals surface area contributed by atoms with Crippen LogP contribution in [0.25, 0.3) is 0 Å². The van der Waals surface area contributed by atoms with Crippen LogP contribution in [0.3, 0.4) is 0 Å². The Hall–Kier alpha value is -1.96. The zero-order valence-electron chi connectivity index (χ0n) is 9.43. The molecule has 0 radical (unpaired) electrons. The highest BCUT2D eigenvalue weighted by molar-refractivity contribution is 6.35. The largest absolute Gasteiger partial charge is 0.348 e. The molecule has 0 aliphatic rings. The van der Waals surface area contributed by atoms with E-state index in [1.807, 2.05) is 0 Å². The molecule has 0 fully saturated rings. The molecule has 0 aliphatic carbocycles. The normalized spacial score (nSPS) is 9.94. The zero-order valence-corrected chi connectivity index (χ0v) is 9.43.